The van der Waals surface area contributed by atoms with Crippen molar-refractivity contribution in [1.82, 2.24) is 4.90 Å². The Bertz CT molecular complexity index is 628. The van der Waals surface area contributed by atoms with Gasteiger partial charge in [0.15, 0.2) is 11.5 Å². The van der Waals surface area contributed by atoms with Crippen LogP contribution >= 0.6 is 24.0 Å². The second kappa shape index (κ2) is 10.5. The number of nitrogens with zero attached hydrogens (tertiary/aromatic N) is 1. The molecule has 0 aliphatic carbocycles. The van der Waals surface area contributed by atoms with Crippen molar-refractivity contribution in [3.8, 4) is 17.2 Å². The fourth-order valence-corrected chi connectivity index (χ4v) is 3.06. The highest BCUT2D eigenvalue weighted by molar-refractivity contribution is 6.30. The molecule has 0 bridgehead atoms. The van der Waals surface area contributed by atoms with E-state index in [1.54, 1.807) is 0 Å². The molecule has 3 nitrogen and oxygen atoms in total. The fraction of sp³-hybridized carbons (Fsp3) is 0.400. The van der Waals surface area contributed by atoms with Gasteiger partial charge in [-0.1, -0.05) is 30.2 Å². The van der Waals surface area contributed by atoms with Crippen LogP contribution in [0.3, 0.4) is 0 Å². The van der Waals surface area contributed by atoms with Crippen molar-refractivity contribution in [2.45, 2.75) is 25.7 Å². The van der Waals surface area contributed by atoms with Crippen LogP contribution in [0.25, 0.3) is 0 Å². The third-order valence-corrected chi connectivity index (χ3v) is 4.47. The van der Waals surface area contributed by atoms with Crippen molar-refractivity contribution in [1.29, 1.82) is 0 Å². The molecule has 1 saturated heterocycles. The van der Waals surface area contributed by atoms with Gasteiger partial charge < -0.3 is 14.4 Å². The summed E-state index contributed by atoms with van der Waals surface area (Å²) in [6.45, 7) is 4.28. The minimum absolute atomic E-state index is 0. The summed E-state index contributed by atoms with van der Waals surface area (Å²) in [7, 11) is 0. The molecular weight excluding hydrogens is 357 g/mol. The van der Waals surface area contributed by atoms with Crippen molar-refractivity contribution < 1.29 is 9.47 Å². The minimum Gasteiger partial charge on any atom is -0.490 e. The van der Waals surface area contributed by atoms with E-state index in [1.807, 2.05) is 48.5 Å². The van der Waals surface area contributed by atoms with Crippen LogP contribution in [0.4, 0.5) is 0 Å². The Morgan fingerprint density at radius 2 is 1.56 bits per heavy atom. The fourth-order valence-electron chi connectivity index (χ4n) is 2.94. The average Bonchev–Trinajstić information content (AvgIpc) is 2.63. The van der Waals surface area contributed by atoms with E-state index in [1.165, 1.54) is 32.4 Å². The summed E-state index contributed by atoms with van der Waals surface area (Å²) in [5.41, 5.74) is 0. The Kier molecular flexibility index (Phi) is 8.39. The smallest absolute Gasteiger partial charge is 0.169 e. The van der Waals surface area contributed by atoms with Crippen LogP contribution in [-0.2, 0) is 0 Å². The molecule has 2 aromatic rings. The van der Waals surface area contributed by atoms with Crippen LogP contribution in [0.15, 0.2) is 48.5 Å². The van der Waals surface area contributed by atoms with Crippen LogP contribution in [-0.4, -0.2) is 31.1 Å². The van der Waals surface area contributed by atoms with Gasteiger partial charge in [0.2, 0.25) is 0 Å². The van der Waals surface area contributed by atoms with E-state index in [2.05, 4.69) is 4.90 Å². The summed E-state index contributed by atoms with van der Waals surface area (Å²) in [6, 6.07) is 15.1. The Morgan fingerprint density at radius 3 is 2.28 bits per heavy atom. The van der Waals surface area contributed by atoms with Gasteiger partial charge in [0.1, 0.15) is 5.75 Å². The third-order valence-electron chi connectivity index (χ3n) is 4.22. The van der Waals surface area contributed by atoms with Crippen LogP contribution in [0.1, 0.15) is 25.7 Å². The molecule has 1 aliphatic heterocycles. The largest absolute Gasteiger partial charge is 0.490 e. The molecule has 5 heteroatoms. The lowest BCUT2D eigenvalue weighted by Crippen LogP contribution is -2.31. The highest BCUT2D eigenvalue weighted by Gasteiger charge is 2.10. The molecule has 1 fully saturated rings. The normalized spacial score (nSPS) is 14.6. The van der Waals surface area contributed by atoms with E-state index in [9.17, 15) is 0 Å². The molecule has 1 aliphatic rings. The van der Waals surface area contributed by atoms with Gasteiger partial charge in [0.25, 0.3) is 0 Å². The first-order chi connectivity index (χ1) is 11.8. The number of hydrogen-bond acceptors (Lipinski definition) is 3. The van der Waals surface area contributed by atoms with E-state index in [0.29, 0.717) is 11.6 Å². The Hall–Kier alpha value is -1.42. The standard InChI is InChI=1S/C20H24ClNO2.ClH/c21-17-9-11-18(12-10-17)24-20-8-3-2-7-19(20)23-16-6-15-22-13-4-1-5-14-22;/h2-3,7-12H,1,4-6,13-16H2;1H. The van der Waals surface area contributed by atoms with Gasteiger partial charge in [-0.3, -0.25) is 0 Å². The summed E-state index contributed by atoms with van der Waals surface area (Å²) in [4.78, 5) is 2.53. The molecular formula is C20H25Cl2NO2. The number of hydrogen-bond donors (Lipinski definition) is 0. The Balaban J connectivity index is 0.00000225. The molecule has 0 radical (unpaired) electrons. The van der Waals surface area contributed by atoms with Crippen molar-refractivity contribution in [2.75, 3.05) is 26.2 Å². The van der Waals surface area contributed by atoms with Crippen LogP contribution in [0.2, 0.25) is 5.02 Å². The molecule has 0 amide bonds. The van der Waals surface area contributed by atoms with Gasteiger partial charge in [0.05, 0.1) is 6.61 Å². The number of likely N-dealkylation sites (tertiary alicyclic amines) is 1. The maximum absolute atomic E-state index is 5.95. The zero-order valence-corrected chi connectivity index (χ0v) is 15.9. The molecule has 25 heavy (non-hydrogen) atoms. The van der Waals surface area contributed by atoms with Gasteiger partial charge in [-0.2, -0.15) is 0 Å². The van der Waals surface area contributed by atoms with Gasteiger partial charge in [-0.05, 0) is 68.8 Å². The van der Waals surface area contributed by atoms with Crippen molar-refractivity contribution >= 4 is 24.0 Å². The summed E-state index contributed by atoms with van der Waals surface area (Å²) in [5.74, 6) is 2.27. The number of ether oxygens (including phenoxy) is 2. The monoisotopic (exact) mass is 381 g/mol. The number of piperidine rings is 1. The lowest BCUT2D eigenvalue weighted by atomic mass is 10.1. The molecule has 0 atom stereocenters. The first-order valence-electron chi connectivity index (χ1n) is 8.69. The lowest BCUT2D eigenvalue weighted by molar-refractivity contribution is 0.203. The van der Waals surface area contributed by atoms with Crippen molar-refractivity contribution in [2.24, 2.45) is 0 Å². The highest BCUT2D eigenvalue weighted by atomic mass is 35.5. The Labute approximate surface area is 161 Å². The summed E-state index contributed by atoms with van der Waals surface area (Å²) >= 11 is 5.91. The maximum Gasteiger partial charge on any atom is 0.169 e. The molecule has 0 aromatic heterocycles. The van der Waals surface area contributed by atoms with Crippen LogP contribution in [0, 0.1) is 0 Å². The zero-order chi connectivity index (χ0) is 16.6. The molecule has 136 valence electrons. The predicted molar refractivity (Wildman–Crippen MR) is 106 cm³/mol. The van der Waals surface area contributed by atoms with Gasteiger partial charge in [0, 0.05) is 11.6 Å². The van der Waals surface area contributed by atoms with E-state index in [4.69, 9.17) is 21.1 Å². The van der Waals surface area contributed by atoms with Gasteiger partial charge >= 0.3 is 0 Å². The SMILES string of the molecule is Cl.Clc1ccc(Oc2ccccc2OCCCN2CCCCC2)cc1. The molecule has 3 rings (SSSR count). The summed E-state index contributed by atoms with van der Waals surface area (Å²) < 4.78 is 11.9. The second-order valence-electron chi connectivity index (χ2n) is 6.11. The van der Waals surface area contributed by atoms with E-state index < -0.39 is 0 Å². The van der Waals surface area contributed by atoms with Crippen molar-refractivity contribution in [3.05, 3.63) is 53.6 Å². The van der Waals surface area contributed by atoms with E-state index >= 15 is 0 Å². The molecule has 1 heterocycles. The topological polar surface area (TPSA) is 21.7 Å². The third kappa shape index (κ3) is 6.43. The Morgan fingerprint density at radius 1 is 0.880 bits per heavy atom. The number of benzene rings is 2. The van der Waals surface area contributed by atoms with E-state index in [0.717, 1.165) is 30.2 Å². The number of halogens is 2. The number of rotatable bonds is 7. The molecule has 0 unspecified atom stereocenters. The summed E-state index contributed by atoms with van der Waals surface area (Å²) in [5, 5.41) is 0.699. The van der Waals surface area contributed by atoms with Crippen LogP contribution < -0.4 is 9.47 Å². The van der Waals surface area contributed by atoms with Gasteiger partial charge in [-0.25, -0.2) is 0 Å². The molecule has 2 aromatic carbocycles. The molecule has 0 saturated carbocycles. The molecule has 0 spiro atoms. The summed E-state index contributed by atoms with van der Waals surface area (Å²) in [6.07, 6.45) is 5.08. The maximum atomic E-state index is 5.95. The average molecular weight is 382 g/mol. The van der Waals surface area contributed by atoms with Crippen molar-refractivity contribution in [3.63, 3.8) is 0 Å². The predicted octanol–water partition coefficient (Wildman–Crippen LogP) is 5.81. The highest BCUT2D eigenvalue weighted by Crippen LogP contribution is 2.31. The van der Waals surface area contributed by atoms with Gasteiger partial charge in [-0.15, -0.1) is 12.4 Å². The molecule has 0 N–H and O–H groups in total. The first-order valence-corrected chi connectivity index (χ1v) is 9.07. The van der Waals surface area contributed by atoms with E-state index in [-0.39, 0.29) is 12.4 Å². The minimum atomic E-state index is 0. The second-order valence-corrected chi connectivity index (χ2v) is 6.54. The quantitative estimate of drug-likeness (QED) is 0.564. The lowest BCUT2D eigenvalue weighted by Gasteiger charge is -2.26. The number of para-hydroxylation sites is 2. The first kappa shape index (κ1) is 19.9. The van der Waals surface area contributed by atoms with Crippen LogP contribution in [0.5, 0.6) is 17.2 Å². The zero-order valence-electron chi connectivity index (χ0n) is 14.3.